The van der Waals surface area contributed by atoms with Gasteiger partial charge in [0.2, 0.25) is 0 Å². The molecule has 0 atom stereocenters. The van der Waals surface area contributed by atoms with Gasteiger partial charge >= 0.3 is 5.97 Å². The molecule has 0 saturated carbocycles. The molecule has 0 spiro atoms. The van der Waals surface area contributed by atoms with Crippen molar-refractivity contribution in [2.45, 2.75) is 4.90 Å². The fourth-order valence-electron chi connectivity index (χ4n) is 0.667. The smallest absolute Gasteiger partial charge is 0.335 e. The molecule has 12 heavy (non-hydrogen) atoms. The summed E-state index contributed by atoms with van der Waals surface area (Å²) in [6.07, 6.45) is 0. The van der Waals surface area contributed by atoms with Crippen LogP contribution in [-0.4, -0.2) is 11.1 Å². The summed E-state index contributed by atoms with van der Waals surface area (Å²) in [5, 5.41) is 8.51. The van der Waals surface area contributed by atoms with Gasteiger partial charge in [-0.3, -0.25) is 0 Å². The van der Waals surface area contributed by atoms with Gasteiger partial charge in [0.25, 0.3) is 0 Å². The van der Waals surface area contributed by atoms with Crippen molar-refractivity contribution in [1.29, 1.82) is 0 Å². The van der Waals surface area contributed by atoms with Crippen molar-refractivity contribution in [1.82, 2.24) is 0 Å². The van der Waals surface area contributed by atoms with Crippen molar-refractivity contribution in [2.75, 3.05) is 5.73 Å². The van der Waals surface area contributed by atoms with E-state index < -0.39 is 5.97 Å². The first-order valence-corrected chi connectivity index (χ1v) is 3.32. The van der Waals surface area contributed by atoms with Crippen LogP contribution in [0.2, 0.25) is 0 Å². The van der Waals surface area contributed by atoms with Crippen molar-refractivity contribution >= 4 is 24.3 Å². The predicted octanol–water partition coefficient (Wildman–Crippen LogP) is 0.870. The summed E-state index contributed by atoms with van der Waals surface area (Å²) in [5.74, 6) is -0.990. The Morgan fingerprint density at radius 2 is 2.08 bits per heavy atom. The van der Waals surface area contributed by atoms with Crippen LogP contribution in [-0.2, 0) is 32.1 Å². The Labute approximate surface area is 88.1 Å². The van der Waals surface area contributed by atoms with Crippen LogP contribution >= 0.6 is 0 Å². The number of benzene rings is 1. The molecule has 0 aliphatic carbocycles. The molecule has 0 heterocycles. The minimum Gasteiger partial charge on any atom is -0.778 e. The minimum atomic E-state index is -0.990. The number of carbonyl (C=O) groups is 1. The van der Waals surface area contributed by atoms with Gasteiger partial charge in [0, 0.05) is 25.2 Å². The molecule has 1 rings (SSSR count). The molecule has 0 aliphatic rings. The summed E-state index contributed by atoms with van der Waals surface area (Å²) < 4.78 is 0. The zero-order valence-electron chi connectivity index (χ0n) is 6.28. The largest absolute Gasteiger partial charge is 0.778 e. The normalized spacial score (nSPS) is 8.67. The van der Waals surface area contributed by atoms with E-state index in [0.29, 0.717) is 10.6 Å². The second kappa shape index (κ2) is 4.38. The van der Waals surface area contributed by atoms with E-state index in [-0.39, 0.29) is 25.0 Å². The van der Waals surface area contributed by atoms with Crippen LogP contribution < -0.4 is 5.73 Å². The van der Waals surface area contributed by atoms with E-state index in [1.807, 2.05) is 0 Å². The summed E-state index contributed by atoms with van der Waals surface area (Å²) in [7, 11) is 0. The Balaban J connectivity index is 0.00000121. The molecular weight excluding hydrogens is 228 g/mol. The van der Waals surface area contributed by atoms with Crippen molar-refractivity contribution in [3.05, 3.63) is 23.8 Å². The third-order valence-electron chi connectivity index (χ3n) is 1.26. The minimum absolute atomic E-state index is 0. The number of carboxylic acids is 1. The number of aromatic carboxylic acids is 1. The summed E-state index contributed by atoms with van der Waals surface area (Å²) in [6, 6.07) is 4.28. The molecule has 1 aromatic carbocycles. The van der Waals surface area contributed by atoms with Crippen molar-refractivity contribution < 1.29 is 29.4 Å². The molecule has 0 amide bonds. The maximum absolute atomic E-state index is 10.4. The zero-order chi connectivity index (χ0) is 8.43. The number of hydrogen-bond donors (Lipinski definition) is 2. The molecule has 0 unspecified atom stereocenters. The number of anilines is 1. The van der Waals surface area contributed by atoms with Crippen LogP contribution in [0.3, 0.4) is 0 Å². The van der Waals surface area contributed by atoms with Gasteiger partial charge in [0.1, 0.15) is 0 Å². The second-order valence-corrected chi connectivity index (χ2v) is 2.50. The van der Waals surface area contributed by atoms with Gasteiger partial charge in [-0.25, -0.2) is 4.79 Å². The van der Waals surface area contributed by atoms with Gasteiger partial charge in [-0.05, 0) is 12.1 Å². The monoisotopic (exact) mass is 232 g/mol. The quantitative estimate of drug-likeness (QED) is 0.429. The Morgan fingerprint density at radius 1 is 1.50 bits per heavy atom. The number of nitrogen functional groups attached to an aromatic ring is 1. The first kappa shape index (κ1) is 11.3. The Morgan fingerprint density at radius 3 is 2.50 bits per heavy atom. The Bertz CT molecular complexity index is 303. The average Bonchev–Trinajstić information content (AvgIpc) is 1.94. The van der Waals surface area contributed by atoms with Gasteiger partial charge in [-0.1, -0.05) is 6.07 Å². The summed E-state index contributed by atoms with van der Waals surface area (Å²) >= 11 is 4.77. The standard InChI is InChI=1S/C7H7NO2S.Zn/c8-5-2-1-4(7(9)10)3-6(5)11;/h1-3,11H,8H2,(H,9,10);/p-1. The molecule has 3 nitrogen and oxygen atoms in total. The molecule has 1 aromatic rings. The van der Waals surface area contributed by atoms with E-state index >= 15 is 0 Å². The molecule has 0 aromatic heterocycles. The van der Waals surface area contributed by atoms with Crippen LogP contribution in [0.4, 0.5) is 5.69 Å². The van der Waals surface area contributed by atoms with Gasteiger partial charge in [-0.2, -0.15) is 4.90 Å². The fourth-order valence-corrected chi connectivity index (χ4v) is 0.862. The Kier molecular flexibility index (Phi) is 4.14. The van der Waals surface area contributed by atoms with Crippen molar-refractivity contribution in [3.8, 4) is 0 Å². The molecule has 0 saturated heterocycles. The predicted molar refractivity (Wildman–Crippen MR) is 43.4 cm³/mol. The van der Waals surface area contributed by atoms with E-state index in [0.717, 1.165) is 0 Å². The van der Waals surface area contributed by atoms with Crippen molar-refractivity contribution in [2.24, 2.45) is 0 Å². The maximum atomic E-state index is 10.4. The third-order valence-corrected chi connectivity index (χ3v) is 1.61. The molecule has 60 valence electrons. The molecule has 0 aliphatic heterocycles. The van der Waals surface area contributed by atoms with E-state index in [1.54, 1.807) is 0 Å². The topological polar surface area (TPSA) is 63.3 Å². The van der Waals surface area contributed by atoms with E-state index in [9.17, 15) is 4.79 Å². The van der Waals surface area contributed by atoms with Crippen LogP contribution in [0.15, 0.2) is 23.1 Å². The number of nitrogens with two attached hydrogens (primary N) is 1. The summed E-state index contributed by atoms with van der Waals surface area (Å²) in [6.45, 7) is 0. The molecule has 0 fully saturated rings. The number of rotatable bonds is 1. The fraction of sp³-hybridized carbons (Fsp3) is 0. The second-order valence-electron chi connectivity index (χ2n) is 2.06. The SMILES string of the molecule is Nc1ccc(C(=O)O)cc1[S-].[Zn]. The van der Waals surface area contributed by atoms with Gasteiger partial charge < -0.3 is 23.5 Å². The van der Waals surface area contributed by atoms with Gasteiger partial charge in [-0.15, -0.1) is 0 Å². The molecule has 0 radical (unpaired) electrons. The van der Waals surface area contributed by atoms with E-state index in [4.69, 9.17) is 23.5 Å². The molecule has 3 N–H and O–H groups in total. The summed E-state index contributed by atoms with van der Waals surface area (Å²) in [4.78, 5) is 10.8. The molecule has 5 heteroatoms. The van der Waals surface area contributed by atoms with Crippen molar-refractivity contribution in [3.63, 3.8) is 0 Å². The maximum Gasteiger partial charge on any atom is 0.335 e. The zero-order valence-corrected chi connectivity index (χ0v) is 10.1. The van der Waals surface area contributed by atoms with Crippen LogP contribution in [0.5, 0.6) is 0 Å². The number of carboxylic acid groups (broad SMARTS) is 1. The van der Waals surface area contributed by atoms with E-state index in [2.05, 4.69) is 0 Å². The Hall–Kier alpha value is -0.667. The van der Waals surface area contributed by atoms with Crippen LogP contribution in [0.1, 0.15) is 10.4 Å². The molecule has 0 bridgehead atoms. The van der Waals surface area contributed by atoms with Gasteiger partial charge in [0.05, 0.1) is 5.56 Å². The van der Waals surface area contributed by atoms with E-state index in [1.165, 1.54) is 18.2 Å². The van der Waals surface area contributed by atoms with Gasteiger partial charge in [0.15, 0.2) is 0 Å². The number of hydrogen-bond acceptors (Lipinski definition) is 3. The average molecular weight is 234 g/mol. The third kappa shape index (κ3) is 2.43. The molecular formula is C7H6NO2SZn-. The summed E-state index contributed by atoms with van der Waals surface area (Å²) in [5.41, 5.74) is 6.00. The first-order chi connectivity index (χ1) is 5.11. The van der Waals surface area contributed by atoms with Crippen LogP contribution in [0, 0.1) is 0 Å². The van der Waals surface area contributed by atoms with Crippen LogP contribution in [0.25, 0.3) is 0 Å². The first-order valence-electron chi connectivity index (χ1n) is 2.91.